The van der Waals surface area contributed by atoms with E-state index in [1.54, 1.807) is 0 Å². The number of hydrogen-bond acceptors (Lipinski definition) is 1. The van der Waals surface area contributed by atoms with Crippen LogP contribution in [0, 0.1) is 13.5 Å². The molecule has 51 valence electrons. The van der Waals surface area contributed by atoms with E-state index in [9.17, 15) is 0 Å². The monoisotopic (exact) mass is 192 g/mol. The quantitative estimate of drug-likeness (QED) is 0.625. The molecule has 0 aliphatic heterocycles. The van der Waals surface area contributed by atoms with Gasteiger partial charge in [0.25, 0.3) is 0 Å². The number of nitrogens with one attached hydrogen (secondary N) is 1. The molecule has 1 radical (unpaired) electrons. The van der Waals surface area contributed by atoms with Gasteiger partial charge in [-0.2, -0.15) is 13.8 Å². The number of rotatable bonds is 1. The minimum atomic E-state index is 0. The van der Waals surface area contributed by atoms with Crippen LogP contribution in [0.5, 0.6) is 0 Å². The molecule has 0 amide bonds. The van der Waals surface area contributed by atoms with Crippen molar-refractivity contribution in [3.63, 3.8) is 0 Å². The van der Waals surface area contributed by atoms with Crippen LogP contribution in [0.4, 0.5) is 0 Å². The Kier molecular flexibility index (Phi) is 45.1. The molecule has 0 atom stereocenters. The molecular weight excluding hydrogens is 175 g/mol. The van der Waals surface area contributed by atoms with Gasteiger partial charge in [-0.3, -0.25) is 6.04 Å². The van der Waals surface area contributed by atoms with Crippen molar-refractivity contribution in [2.75, 3.05) is 7.05 Å². The zero-order valence-electron chi connectivity index (χ0n) is 5.58. The Morgan fingerprint density at radius 3 is 1.38 bits per heavy atom. The molecule has 0 aromatic rings. The van der Waals surface area contributed by atoms with Crippen LogP contribution in [0.25, 0.3) is 0 Å². The third kappa shape index (κ3) is 27.7. The average molecular weight is 192 g/mol. The van der Waals surface area contributed by atoms with E-state index in [1.165, 1.54) is 6.04 Å². The van der Waals surface area contributed by atoms with Crippen LogP contribution in [0.3, 0.4) is 0 Å². The first-order chi connectivity index (χ1) is 2.27. The van der Waals surface area contributed by atoms with Crippen molar-refractivity contribution in [2.45, 2.75) is 21.3 Å². The van der Waals surface area contributed by atoms with Gasteiger partial charge in [0.2, 0.25) is 0 Å². The Morgan fingerprint density at radius 2 is 1.38 bits per heavy atom. The largest absolute Gasteiger partial charge is 0.470 e. The molecule has 0 heterocycles. The fourth-order valence-corrected chi connectivity index (χ4v) is 0. The van der Waals surface area contributed by atoms with E-state index in [0.717, 1.165) is 0 Å². The smallest absolute Gasteiger partial charge is 0 e. The van der Waals surface area contributed by atoms with E-state index >= 15 is 0 Å². The summed E-state index contributed by atoms with van der Waals surface area (Å²) in [7, 11) is 1.91. The van der Waals surface area contributed by atoms with Gasteiger partial charge in [-0.25, -0.2) is 0 Å². The summed E-state index contributed by atoms with van der Waals surface area (Å²) >= 11 is 0. The van der Waals surface area contributed by atoms with Crippen molar-refractivity contribution in [3.05, 3.63) is 13.5 Å². The molecule has 0 aliphatic carbocycles. The Hall–Kier alpha value is 1.06. The second kappa shape index (κ2) is 15.7. The van der Waals surface area contributed by atoms with Crippen molar-refractivity contribution < 1.29 is 32.7 Å². The predicted octanol–water partition coefficient (Wildman–Crippen LogP) is 1.86. The maximum Gasteiger partial charge on any atom is 0 e. The normalized spacial score (nSPS) is 6.00. The van der Waals surface area contributed by atoms with Gasteiger partial charge in [-0.05, 0) is 7.05 Å². The summed E-state index contributed by atoms with van der Waals surface area (Å²) in [5.41, 5.74) is 0. The van der Waals surface area contributed by atoms with Crippen LogP contribution >= 0.6 is 0 Å². The van der Waals surface area contributed by atoms with Crippen LogP contribution in [-0.2, 0) is 32.7 Å². The summed E-state index contributed by atoms with van der Waals surface area (Å²) in [6, 6.07) is 1.25. The molecular formula is C6H17NY-2. The summed E-state index contributed by atoms with van der Waals surface area (Å²) in [6.45, 7) is 4.06. The average Bonchev–Trinajstić information content (AvgIpc) is 1.38. The van der Waals surface area contributed by atoms with E-state index in [-0.39, 0.29) is 47.6 Å². The summed E-state index contributed by atoms with van der Waals surface area (Å²) in [5.74, 6) is 0. The zero-order chi connectivity index (χ0) is 4.28. The molecule has 0 saturated heterocycles. The SMILES string of the molecule is C.CN[C-](C)C.[CH3-].[Y]. The molecule has 1 N–H and O–H groups in total. The second-order valence-corrected chi connectivity index (χ2v) is 1.25. The molecule has 0 unspecified atom stereocenters. The molecule has 0 fully saturated rings. The first-order valence-corrected chi connectivity index (χ1v) is 1.75. The van der Waals surface area contributed by atoms with Crippen molar-refractivity contribution in [3.8, 4) is 0 Å². The topological polar surface area (TPSA) is 12.0 Å². The van der Waals surface area contributed by atoms with E-state index in [2.05, 4.69) is 5.32 Å². The first-order valence-electron chi connectivity index (χ1n) is 1.75. The maximum atomic E-state index is 2.94. The van der Waals surface area contributed by atoms with Crippen LogP contribution in [0.1, 0.15) is 21.3 Å². The molecule has 8 heavy (non-hydrogen) atoms. The van der Waals surface area contributed by atoms with Crippen LogP contribution in [0.15, 0.2) is 0 Å². The molecule has 0 spiro atoms. The first kappa shape index (κ1) is 23.0. The van der Waals surface area contributed by atoms with Crippen molar-refractivity contribution in [2.24, 2.45) is 0 Å². The molecule has 0 aromatic heterocycles. The summed E-state index contributed by atoms with van der Waals surface area (Å²) in [5, 5.41) is 2.94. The third-order valence-corrected chi connectivity index (χ3v) is 0.500. The van der Waals surface area contributed by atoms with Gasteiger partial charge in [-0.1, -0.05) is 7.43 Å². The van der Waals surface area contributed by atoms with Crippen LogP contribution < -0.4 is 5.32 Å². The molecule has 0 rings (SSSR count). The van der Waals surface area contributed by atoms with Gasteiger partial charge in [0, 0.05) is 32.7 Å². The number of hydrogen-bond donors (Lipinski definition) is 1. The van der Waals surface area contributed by atoms with Crippen LogP contribution in [-0.4, -0.2) is 7.05 Å². The van der Waals surface area contributed by atoms with E-state index in [1.807, 2.05) is 20.9 Å². The molecule has 0 aromatic carbocycles. The van der Waals surface area contributed by atoms with Crippen molar-refractivity contribution in [1.82, 2.24) is 5.32 Å². The molecule has 0 saturated carbocycles. The van der Waals surface area contributed by atoms with E-state index in [4.69, 9.17) is 0 Å². The van der Waals surface area contributed by atoms with Gasteiger partial charge >= 0.3 is 0 Å². The standard InChI is InChI=1S/C4H10N.CH4.CH3.Y/c1-4(2)5-3;;;/h5H,1-3H3;1H4;1H3;/q-1;;-1;. The Balaban J connectivity index is -0.0000000267. The zero-order valence-corrected chi connectivity index (χ0v) is 8.42. The van der Waals surface area contributed by atoms with Gasteiger partial charge in [0.05, 0.1) is 0 Å². The van der Waals surface area contributed by atoms with Gasteiger partial charge in [-0.15, -0.1) is 0 Å². The molecule has 0 aliphatic rings. The Bertz CT molecular complexity index is 22.5. The Morgan fingerprint density at radius 1 is 1.25 bits per heavy atom. The summed E-state index contributed by atoms with van der Waals surface area (Å²) in [4.78, 5) is 0. The maximum absolute atomic E-state index is 2.94. The second-order valence-electron chi connectivity index (χ2n) is 1.25. The van der Waals surface area contributed by atoms with Crippen molar-refractivity contribution >= 4 is 0 Å². The van der Waals surface area contributed by atoms with E-state index in [0.29, 0.717) is 0 Å². The van der Waals surface area contributed by atoms with Gasteiger partial charge < -0.3 is 12.7 Å². The Labute approximate surface area is 79.5 Å². The van der Waals surface area contributed by atoms with Gasteiger partial charge in [0.15, 0.2) is 0 Å². The predicted molar refractivity (Wildman–Crippen MR) is 36.8 cm³/mol. The van der Waals surface area contributed by atoms with Crippen molar-refractivity contribution in [1.29, 1.82) is 0 Å². The van der Waals surface area contributed by atoms with E-state index < -0.39 is 0 Å². The third-order valence-electron chi connectivity index (χ3n) is 0.500. The van der Waals surface area contributed by atoms with Crippen LogP contribution in [0.2, 0.25) is 0 Å². The fourth-order valence-electron chi connectivity index (χ4n) is 0. The fraction of sp³-hybridized carbons (Fsp3) is 0.667. The summed E-state index contributed by atoms with van der Waals surface area (Å²) in [6.07, 6.45) is 0. The minimum Gasteiger partial charge on any atom is -0.470 e. The molecule has 0 bridgehead atoms. The molecule has 2 heteroatoms. The molecule has 1 nitrogen and oxygen atoms in total. The summed E-state index contributed by atoms with van der Waals surface area (Å²) < 4.78 is 0. The van der Waals surface area contributed by atoms with Gasteiger partial charge in [0.1, 0.15) is 0 Å². The minimum absolute atomic E-state index is 0.